The molecule has 2 aromatic heterocycles. The van der Waals surface area contributed by atoms with E-state index in [-0.39, 0.29) is 0 Å². The number of nitrogens with one attached hydrogen (secondary N) is 2. The molecule has 0 saturated heterocycles. The molecule has 0 bridgehead atoms. The molecule has 130 valence electrons. The first-order valence-electron chi connectivity index (χ1n) is 8.13. The number of rotatable bonds is 6. The molecule has 0 amide bonds. The highest BCUT2D eigenvalue weighted by atomic mass is 35.5. The minimum absolute atomic E-state index is 0.435. The van der Waals surface area contributed by atoms with Crippen LogP contribution in [0.2, 0.25) is 5.02 Å². The Morgan fingerprint density at radius 1 is 0.962 bits per heavy atom. The fourth-order valence-corrected chi connectivity index (χ4v) is 2.86. The lowest BCUT2D eigenvalue weighted by Gasteiger charge is -2.13. The molecule has 0 aliphatic rings. The van der Waals surface area contributed by atoms with E-state index in [1.165, 1.54) is 6.33 Å². The zero-order valence-electron chi connectivity index (χ0n) is 13.8. The van der Waals surface area contributed by atoms with Crippen LogP contribution in [-0.4, -0.2) is 19.9 Å². The summed E-state index contributed by atoms with van der Waals surface area (Å²) < 4.78 is 5.87. The van der Waals surface area contributed by atoms with E-state index in [1.54, 1.807) is 6.33 Å². The number of imidazole rings is 1. The van der Waals surface area contributed by atoms with Gasteiger partial charge in [0.15, 0.2) is 11.5 Å². The van der Waals surface area contributed by atoms with Crippen LogP contribution >= 0.6 is 11.6 Å². The summed E-state index contributed by atoms with van der Waals surface area (Å²) in [4.78, 5) is 15.6. The van der Waals surface area contributed by atoms with Gasteiger partial charge in [0.2, 0.25) is 0 Å². The second-order valence-corrected chi connectivity index (χ2v) is 6.07. The summed E-state index contributed by atoms with van der Waals surface area (Å²) >= 11 is 6.16. The maximum absolute atomic E-state index is 6.16. The number of hydrogen-bond acceptors (Lipinski definition) is 5. The Morgan fingerprint density at radius 3 is 2.65 bits per heavy atom. The number of anilines is 1. The smallest absolute Gasteiger partial charge is 0.182 e. The number of nitrogens with zero attached hydrogens (tertiary/aromatic N) is 3. The number of halogens is 1. The molecular weight excluding hydrogens is 350 g/mol. The summed E-state index contributed by atoms with van der Waals surface area (Å²) in [6, 6.07) is 15.6. The van der Waals surface area contributed by atoms with Gasteiger partial charge in [0, 0.05) is 6.54 Å². The Labute approximate surface area is 155 Å². The molecule has 7 heteroatoms. The minimum Gasteiger partial charge on any atom is -0.487 e. The highest BCUT2D eigenvalue weighted by molar-refractivity contribution is 6.32. The molecule has 6 nitrogen and oxygen atoms in total. The maximum atomic E-state index is 6.16. The summed E-state index contributed by atoms with van der Waals surface area (Å²) in [5.74, 6) is 1.39. The highest BCUT2D eigenvalue weighted by Gasteiger charge is 2.08. The molecular formula is C19H16ClN5O. The van der Waals surface area contributed by atoms with Crippen LogP contribution in [0.3, 0.4) is 0 Å². The van der Waals surface area contributed by atoms with Gasteiger partial charge in [-0.3, -0.25) is 0 Å². The molecule has 0 unspecified atom stereocenters. The molecule has 2 aromatic carbocycles. The second-order valence-electron chi connectivity index (χ2n) is 5.66. The van der Waals surface area contributed by atoms with E-state index in [4.69, 9.17) is 16.3 Å². The van der Waals surface area contributed by atoms with Crippen molar-refractivity contribution in [3.63, 3.8) is 0 Å². The average molecular weight is 366 g/mol. The van der Waals surface area contributed by atoms with Gasteiger partial charge in [-0.25, -0.2) is 15.0 Å². The zero-order chi connectivity index (χ0) is 17.8. The van der Waals surface area contributed by atoms with Gasteiger partial charge in [-0.2, -0.15) is 0 Å². The SMILES string of the molecule is Clc1ccccc1OCc1ccccc1CNc1ncnc2nc[nH]c12. The Kier molecular flexibility index (Phi) is 4.66. The van der Waals surface area contributed by atoms with Crippen molar-refractivity contribution in [2.45, 2.75) is 13.2 Å². The Hall–Kier alpha value is -3.12. The van der Waals surface area contributed by atoms with Crippen molar-refractivity contribution >= 4 is 28.6 Å². The van der Waals surface area contributed by atoms with Crippen LogP contribution in [0.1, 0.15) is 11.1 Å². The van der Waals surface area contributed by atoms with E-state index in [9.17, 15) is 0 Å². The molecule has 0 fully saturated rings. The molecule has 0 atom stereocenters. The van der Waals surface area contributed by atoms with Crippen LogP contribution < -0.4 is 10.1 Å². The summed E-state index contributed by atoms with van der Waals surface area (Å²) in [6.07, 6.45) is 3.10. The lowest BCUT2D eigenvalue weighted by atomic mass is 10.1. The maximum Gasteiger partial charge on any atom is 0.182 e. The Bertz CT molecular complexity index is 1030. The number of hydrogen-bond donors (Lipinski definition) is 2. The van der Waals surface area contributed by atoms with Crippen molar-refractivity contribution < 1.29 is 4.74 Å². The van der Waals surface area contributed by atoms with E-state index in [0.29, 0.717) is 35.4 Å². The standard InChI is InChI=1S/C19H16ClN5O/c20-15-7-3-4-8-16(15)26-10-14-6-2-1-5-13(14)9-21-18-17-19(23-11-22-17)25-12-24-18/h1-8,11-12H,9-10H2,(H2,21,22,23,24,25). The molecule has 26 heavy (non-hydrogen) atoms. The van der Waals surface area contributed by atoms with E-state index in [0.717, 1.165) is 16.6 Å². The monoisotopic (exact) mass is 365 g/mol. The zero-order valence-corrected chi connectivity index (χ0v) is 14.6. The van der Waals surface area contributed by atoms with E-state index in [2.05, 4.69) is 31.3 Å². The van der Waals surface area contributed by atoms with Gasteiger partial charge in [-0.1, -0.05) is 48.0 Å². The fraction of sp³-hybridized carbons (Fsp3) is 0.105. The van der Waals surface area contributed by atoms with Crippen LogP contribution in [0.25, 0.3) is 11.2 Å². The summed E-state index contributed by atoms with van der Waals surface area (Å²) in [6.45, 7) is 1.04. The normalized spacial score (nSPS) is 10.8. The van der Waals surface area contributed by atoms with Gasteiger partial charge in [-0.15, -0.1) is 0 Å². The van der Waals surface area contributed by atoms with Gasteiger partial charge in [0.05, 0.1) is 11.3 Å². The Balaban J connectivity index is 1.49. The minimum atomic E-state index is 0.435. The van der Waals surface area contributed by atoms with Crippen LogP contribution in [0.15, 0.2) is 61.2 Å². The average Bonchev–Trinajstić information content (AvgIpc) is 3.16. The lowest BCUT2D eigenvalue weighted by Crippen LogP contribution is -2.07. The van der Waals surface area contributed by atoms with E-state index >= 15 is 0 Å². The topological polar surface area (TPSA) is 75.7 Å². The van der Waals surface area contributed by atoms with E-state index in [1.807, 2.05) is 42.5 Å². The number of aromatic amines is 1. The van der Waals surface area contributed by atoms with Gasteiger partial charge in [0.1, 0.15) is 24.2 Å². The van der Waals surface area contributed by atoms with Crippen molar-refractivity contribution in [1.29, 1.82) is 0 Å². The number of benzene rings is 2. The number of fused-ring (bicyclic) bond motifs is 1. The van der Waals surface area contributed by atoms with E-state index < -0.39 is 0 Å². The van der Waals surface area contributed by atoms with Gasteiger partial charge >= 0.3 is 0 Å². The molecule has 2 heterocycles. The van der Waals surface area contributed by atoms with Gasteiger partial charge < -0.3 is 15.0 Å². The van der Waals surface area contributed by atoms with Crippen LogP contribution in [0.5, 0.6) is 5.75 Å². The first kappa shape index (κ1) is 16.4. The molecule has 0 aliphatic heterocycles. The van der Waals surface area contributed by atoms with Crippen LogP contribution in [0, 0.1) is 0 Å². The predicted octanol–water partition coefficient (Wildman–Crippen LogP) is 4.20. The number of para-hydroxylation sites is 1. The fourth-order valence-electron chi connectivity index (χ4n) is 2.67. The lowest BCUT2D eigenvalue weighted by molar-refractivity contribution is 0.305. The first-order chi connectivity index (χ1) is 12.8. The van der Waals surface area contributed by atoms with Crippen molar-refractivity contribution in [3.8, 4) is 5.75 Å². The second kappa shape index (κ2) is 7.41. The summed E-state index contributed by atoms with van der Waals surface area (Å²) in [7, 11) is 0. The quantitative estimate of drug-likeness (QED) is 0.535. The van der Waals surface area contributed by atoms with Gasteiger partial charge in [-0.05, 0) is 23.3 Å². The van der Waals surface area contributed by atoms with Crippen LogP contribution in [0.4, 0.5) is 5.82 Å². The molecule has 4 rings (SSSR count). The van der Waals surface area contributed by atoms with Crippen LogP contribution in [-0.2, 0) is 13.2 Å². The molecule has 4 aromatic rings. The van der Waals surface area contributed by atoms with Crippen molar-refractivity contribution in [1.82, 2.24) is 19.9 Å². The van der Waals surface area contributed by atoms with Crippen molar-refractivity contribution in [2.75, 3.05) is 5.32 Å². The Morgan fingerprint density at radius 2 is 1.77 bits per heavy atom. The molecule has 0 saturated carbocycles. The number of aromatic nitrogens is 4. The summed E-state index contributed by atoms with van der Waals surface area (Å²) in [5, 5.41) is 3.94. The number of ether oxygens (including phenoxy) is 1. The predicted molar refractivity (Wildman–Crippen MR) is 101 cm³/mol. The molecule has 2 N–H and O–H groups in total. The largest absolute Gasteiger partial charge is 0.487 e. The highest BCUT2D eigenvalue weighted by Crippen LogP contribution is 2.25. The first-order valence-corrected chi connectivity index (χ1v) is 8.51. The van der Waals surface area contributed by atoms with Crippen molar-refractivity contribution in [3.05, 3.63) is 77.3 Å². The third-order valence-electron chi connectivity index (χ3n) is 4.01. The molecule has 0 spiro atoms. The molecule has 0 radical (unpaired) electrons. The van der Waals surface area contributed by atoms with Gasteiger partial charge in [0.25, 0.3) is 0 Å². The summed E-state index contributed by atoms with van der Waals surface area (Å²) in [5.41, 5.74) is 3.62. The molecule has 0 aliphatic carbocycles. The third-order valence-corrected chi connectivity index (χ3v) is 4.32. The number of H-pyrrole nitrogens is 1. The van der Waals surface area contributed by atoms with Crippen molar-refractivity contribution in [2.24, 2.45) is 0 Å². The third kappa shape index (κ3) is 3.45.